The lowest BCUT2D eigenvalue weighted by atomic mass is 9.93. The van der Waals surface area contributed by atoms with Gasteiger partial charge in [-0.15, -0.1) is 0 Å². The second kappa shape index (κ2) is 7.60. The summed E-state index contributed by atoms with van der Waals surface area (Å²) in [6.45, 7) is 4.40. The van der Waals surface area contributed by atoms with Crippen molar-refractivity contribution in [3.05, 3.63) is 47.9 Å². The third-order valence-electron chi connectivity index (χ3n) is 5.82. The molecular formula is C21H21F3N6O. The van der Waals surface area contributed by atoms with Gasteiger partial charge in [0.2, 0.25) is 5.95 Å². The Hall–Kier alpha value is -3.01. The number of aromatic nitrogens is 4. The van der Waals surface area contributed by atoms with E-state index in [2.05, 4.69) is 19.9 Å². The Balaban J connectivity index is 1.59. The molecule has 31 heavy (non-hydrogen) atoms. The number of hydrogen-bond acceptors (Lipinski definition) is 7. The smallest absolute Gasteiger partial charge is 0.377 e. The molecule has 2 fully saturated rings. The molecule has 0 saturated carbocycles. The first-order valence-electron chi connectivity index (χ1n) is 10.2. The zero-order valence-corrected chi connectivity index (χ0v) is 16.9. The van der Waals surface area contributed by atoms with Crippen molar-refractivity contribution in [2.24, 2.45) is 0 Å². The number of nitrogens with zero attached hydrogens (tertiary/aromatic N) is 6. The minimum absolute atomic E-state index is 0.0881. The van der Waals surface area contributed by atoms with E-state index in [0.29, 0.717) is 55.5 Å². The number of alkyl halides is 3. The van der Waals surface area contributed by atoms with Gasteiger partial charge in [-0.3, -0.25) is 4.98 Å². The highest BCUT2D eigenvalue weighted by Gasteiger charge is 2.41. The van der Waals surface area contributed by atoms with Gasteiger partial charge in [-0.05, 0) is 31.5 Å². The lowest BCUT2D eigenvalue weighted by molar-refractivity contribution is -0.142. The van der Waals surface area contributed by atoms with Crippen LogP contribution in [0.5, 0.6) is 0 Å². The van der Waals surface area contributed by atoms with Crippen molar-refractivity contribution in [1.82, 2.24) is 19.9 Å². The lowest BCUT2D eigenvalue weighted by Gasteiger charge is -2.43. The predicted octanol–water partition coefficient (Wildman–Crippen LogP) is 3.62. The van der Waals surface area contributed by atoms with Crippen molar-refractivity contribution in [2.45, 2.75) is 31.6 Å². The first kappa shape index (κ1) is 19.9. The van der Waals surface area contributed by atoms with Gasteiger partial charge in [0.05, 0.1) is 30.7 Å². The molecule has 3 aromatic heterocycles. The molecule has 0 aliphatic carbocycles. The zero-order valence-electron chi connectivity index (χ0n) is 16.9. The highest BCUT2D eigenvalue weighted by Crippen LogP contribution is 2.43. The second-order valence-corrected chi connectivity index (χ2v) is 7.78. The summed E-state index contributed by atoms with van der Waals surface area (Å²) in [7, 11) is 0. The third kappa shape index (κ3) is 3.54. The Morgan fingerprint density at radius 1 is 1.03 bits per heavy atom. The number of hydrogen-bond donors (Lipinski definition) is 0. The maximum Gasteiger partial charge on any atom is 0.433 e. The molecule has 10 heteroatoms. The van der Waals surface area contributed by atoms with E-state index < -0.39 is 17.9 Å². The second-order valence-electron chi connectivity index (χ2n) is 7.78. The van der Waals surface area contributed by atoms with Crippen molar-refractivity contribution in [1.29, 1.82) is 0 Å². The number of halogens is 3. The van der Waals surface area contributed by atoms with E-state index >= 15 is 0 Å². The van der Waals surface area contributed by atoms with Crippen LogP contribution in [0.25, 0.3) is 11.0 Å². The van der Waals surface area contributed by atoms with Crippen LogP contribution in [0, 0.1) is 0 Å². The summed E-state index contributed by atoms with van der Waals surface area (Å²) in [4.78, 5) is 21.4. The molecule has 0 bridgehead atoms. The van der Waals surface area contributed by atoms with Crippen LogP contribution in [0.3, 0.4) is 0 Å². The summed E-state index contributed by atoms with van der Waals surface area (Å²) >= 11 is 0. The summed E-state index contributed by atoms with van der Waals surface area (Å²) in [5.41, 5.74) is -0.157. The molecule has 7 nitrogen and oxygen atoms in total. The molecule has 0 radical (unpaired) electrons. The van der Waals surface area contributed by atoms with E-state index in [1.807, 2.05) is 17.9 Å². The Morgan fingerprint density at radius 3 is 2.58 bits per heavy atom. The van der Waals surface area contributed by atoms with E-state index in [1.54, 1.807) is 18.3 Å². The van der Waals surface area contributed by atoms with E-state index in [0.717, 1.165) is 0 Å². The van der Waals surface area contributed by atoms with Crippen molar-refractivity contribution in [3.63, 3.8) is 0 Å². The maximum absolute atomic E-state index is 13.6. The van der Waals surface area contributed by atoms with Crippen molar-refractivity contribution < 1.29 is 17.9 Å². The molecule has 2 saturated heterocycles. The number of pyridine rings is 2. The number of rotatable bonds is 3. The van der Waals surface area contributed by atoms with Gasteiger partial charge in [0.25, 0.3) is 0 Å². The first-order valence-corrected chi connectivity index (χ1v) is 10.2. The Kier molecular flexibility index (Phi) is 4.88. The molecule has 2 aliphatic heterocycles. The summed E-state index contributed by atoms with van der Waals surface area (Å²) < 4.78 is 46.2. The SMILES string of the molecule is CC1COCCN1c1nc(N2CCC2c2cccnc2C(F)(F)F)c2cccnc2n1. The maximum atomic E-state index is 13.6. The molecular weight excluding hydrogens is 409 g/mol. The normalized spacial score (nSPS) is 21.9. The van der Waals surface area contributed by atoms with Gasteiger partial charge in [-0.2, -0.15) is 23.1 Å². The summed E-state index contributed by atoms with van der Waals surface area (Å²) in [5, 5.41) is 0.717. The van der Waals surface area contributed by atoms with E-state index in [-0.39, 0.29) is 11.6 Å². The van der Waals surface area contributed by atoms with Gasteiger partial charge in [-0.25, -0.2) is 4.98 Å². The van der Waals surface area contributed by atoms with E-state index in [1.165, 1.54) is 12.3 Å². The topological polar surface area (TPSA) is 67.3 Å². The van der Waals surface area contributed by atoms with E-state index in [4.69, 9.17) is 9.72 Å². The fourth-order valence-electron chi connectivity index (χ4n) is 4.19. The molecule has 5 heterocycles. The first-order chi connectivity index (χ1) is 14.9. The highest BCUT2D eigenvalue weighted by molar-refractivity contribution is 5.88. The summed E-state index contributed by atoms with van der Waals surface area (Å²) in [6, 6.07) is 6.31. The zero-order chi connectivity index (χ0) is 21.6. The molecule has 5 rings (SSSR count). The van der Waals surface area contributed by atoms with Gasteiger partial charge in [-0.1, -0.05) is 6.07 Å². The average Bonchev–Trinajstić information content (AvgIpc) is 2.73. The fourth-order valence-corrected chi connectivity index (χ4v) is 4.19. The molecule has 0 aromatic carbocycles. The van der Waals surface area contributed by atoms with E-state index in [9.17, 15) is 13.2 Å². The molecule has 3 aromatic rings. The standard InChI is InChI=1S/C21H21F3N6O/c1-13-12-31-11-10-29(13)20-27-18-15(5-3-8-26-18)19(28-20)30-9-6-16(30)14-4-2-7-25-17(14)21(22,23)24/h2-5,7-8,13,16H,6,9-12H2,1H3. The molecule has 162 valence electrons. The molecule has 2 aliphatic rings. The van der Waals surface area contributed by atoms with Gasteiger partial charge in [0.15, 0.2) is 5.65 Å². The Morgan fingerprint density at radius 2 is 1.84 bits per heavy atom. The fraction of sp³-hybridized carbons (Fsp3) is 0.429. The van der Waals surface area contributed by atoms with Gasteiger partial charge >= 0.3 is 6.18 Å². The van der Waals surface area contributed by atoms with Crippen LogP contribution in [0.2, 0.25) is 0 Å². The minimum atomic E-state index is -4.51. The molecule has 2 atom stereocenters. The number of ether oxygens (including phenoxy) is 1. The van der Waals surface area contributed by atoms with Crippen LogP contribution in [-0.4, -0.2) is 52.3 Å². The third-order valence-corrected chi connectivity index (χ3v) is 5.82. The van der Waals surface area contributed by atoms with Crippen molar-refractivity contribution >= 4 is 22.8 Å². The van der Waals surface area contributed by atoms with Gasteiger partial charge < -0.3 is 14.5 Å². The molecule has 2 unspecified atom stereocenters. The Labute approximate surface area is 176 Å². The summed E-state index contributed by atoms with van der Waals surface area (Å²) in [6.07, 6.45) is -1.09. The summed E-state index contributed by atoms with van der Waals surface area (Å²) in [5.74, 6) is 1.12. The molecule has 0 spiro atoms. The highest BCUT2D eigenvalue weighted by atomic mass is 19.4. The number of morpholine rings is 1. The van der Waals surface area contributed by atoms with Crippen LogP contribution < -0.4 is 9.80 Å². The quantitative estimate of drug-likeness (QED) is 0.629. The Bertz CT molecular complexity index is 1110. The van der Waals surface area contributed by atoms with Crippen molar-refractivity contribution in [3.8, 4) is 0 Å². The van der Waals surface area contributed by atoms with Crippen LogP contribution in [0.1, 0.15) is 30.6 Å². The monoisotopic (exact) mass is 430 g/mol. The predicted molar refractivity (Wildman–Crippen MR) is 109 cm³/mol. The van der Waals surface area contributed by atoms with Crippen molar-refractivity contribution in [2.75, 3.05) is 36.1 Å². The van der Waals surface area contributed by atoms with Gasteiger partial charge in [0.1, 0.15) is 11.5 Å². The largest absolute Gasteiger partial charge is 0.433 e. The minimum Gasteiger partial charge on any atom is -0.377 e. The van der Waals surface area contributed by atoms with Crippen LogP contribution in [-0.2, 0) is 10.9 Å². The van der Waals surface area contributed by atoms with Crippen LogP contribution in [0.15, 0.2) is 36.7 Å². The van der Waals surface area contributed by atoms with Gasteiger partial charge in [0, 0.05) is 31.0 Å². The van der Waals surface area contributed by atoms with Crippen LogP contribution in [0.4, 0.5) is 24.9 Å². The number of anilines is 2. The molecule has 0 amide bonds. The average molecular weight is 430 g/mol. The molecule has 0 N–H and O–H groups in total. The van der Waals surface area contributed by atoms with Crippen LogP contribution >= 0.6 is 0 Å². The lowest BCUT2D eigenvalue weighted by Crippen LogP contribution is -2.46. The number of fused-ring (bicyclic) bond motifs is 1.